The molecular weight excluding hydrogens is 255 g/mol. The van der Waals surface area contributed by atoms with Gasteiger partial charge in [-0.2, -0.15) is 0 Å². The third-order valence-electron chi connectivity index (χ3n) is 3.98. The summed E-state index contributed by atoms with van der Waals surface area (Å²) in [6, 6.07) is 7.10. The molecule has 0 amide bonds. The lowest BCUT2D eigenvalue weighted by Gasteiger charge is -2.16. The van der Waals surface area contributed by atoms with Crippen molar-refractivity contribution in [2.45, 2.75) is 38.3 Å². The zero-order valence-electron chi connectivity index (χ0n) is 11.8. The Kier molecular flexibility index (Phi) is 3.57. The van der Waals surface area contributed by atoms with E-state index in [1.165, 1.54) is 6.07 Å². The number of benzene rings is 1. The van der Waals surface area contributed by atoms with Crippen molar-refractivity contribution >= 4 is 16.6 Å². The Balaban J connectivity index is 1.92. The van der Waals surface area contributed by atoms with Crippen LogP contribution in [0.1, 0.15) is 25.0 Å². The van der Waals surface area contributed by atoms with E-state index >= 15 is 0 Å². The number of aromatic nitrogens is 1. The van der Waals surface area contributed by atoms with Crippen LogP contribution in [-0.4, -0.2) is 24.2 Å². The van der Waals surface area contributed by atoms with Crippen LogP contribution in [0.4, 0.5) is 10.1 Å². The Labute approximate surface area is 118 Å². The summed E-state index contributed by atoms with van der Waals surface area (Å²) in [5.41, 5.74) is 2.73. The number of ether oxygens (including phenoxy) is 1. The predicted molar refractivity (Wildman–Crippen MR) is 78.5 cm³/mol. The highest BCUT2D eigenvalue weighted by molar-refractivity contribution is 5.91. The highest BCUT2D eigenvalue weighted by Crippen LogP contribution is 2.29. The molecule has 0 spiro atoms. The standard InChI is InChI=1S/C16H19FN2O/c1-10-7-16(19-12-4-5-13(9-12)20-2)14-8-11(17)3-6-15(14)18-10/h3,6-8,12-13H,4-5,9H2,1-2H3,(H,18,19). The molecule has 4 heteroatoms. The van der Waals surface area contributed by atoms with E-state index in [1.54, 1.807) is 19.2 Å². The third kappa shape index (κ3) is 2.61. The molecule has 3 nitrogen and oxygen atoms in total. The molecule has 0 saturated heterocycles. The maximum atomic E-state index is 13.5. The number of methoxy groups -OCH3 is 1. The second-order valence-corrected chi connectivity index (χ2v) is 5.48. The fourth-order valence-corrected chi connectivity index (χ4v) is 2.96. The molecule has 1 aliphatic rings. The van der Waals surface area contributed by atoms with E-state index in [4.69, 9.17) is 4.74 Å². The lowest BCUT2D eigenvalue weighted by Crippen LogP contribution is -2.17. The molecule has 2 aromatic rings. The molecule has 0 aliphatic heterocycles. The molecule has 2 unspecified atom stereocenters. The van der Waals surface area contributed by atoms with Crippen molar-refractivity contribution in [1.82, 2.24) is 4.98 Å². The largest absolute Gasteiger partial charge is 0.382 e. The topological polar surface area (TPSA) is 34.1 Å². The van der Waals surface area contributed by atoms with Crippen molar-refractivity contribution in [2.24, 2.45) is 0 Å². The molecule has 1 saturated carbocycles. The quantitative estimate of drug-likeness (QED) is 0.927. The van der Waals surface area contributed by atoms with Crippen LogP contribution in [-0.2, 0) is 4.74 Å². The zero-order valence-corrected chi connectivity index (χ0v) is 11.8. The van der Waals surface area contributed by atoms with Crippen LogP contribution in [0.15, 0.2) is 24.3 Å². The van der Waals surface area contributed by atoms with Crippen molar-refractivity contribution < 1.29 is 9.13 Å². The molecule has 0 bridgehead atoms. The van der Waals surface area contributed by atoms with Gasteiger partial charge in [-0.15, -0.1) is 0 Å². The summed E-state index contributed by atoms with van der Waals surface area (Å²) in [4.78, 5) is 4.45. The Bertz CT molecular complexity index is 629. The van der Waals surface area contributed by atoms with Gasteiger partial charge in [0.05, 0.1) is 11.6 Å². The number of hydrogen-bond acceptors (Lipinski definition) is 3. The van der Waals surface area contributed by atoms with Gasteiger partial charge in [-0.3, -0.25) is 4.98 Å². The number of anilines is 1. The van der Waals surface area contributed by atoms with E-state index in [1.807, 2.05) is 13.0 Å². The summed E-state index contributed by atoms with van der Waals surface area (Å²) >= 11 is 0. The minimum atomic E-state index is -0.229. The molecule has 1 aromatic heterocycles. The summed E-state index contributed by atoms with van der Waals surface area (Å²) < 4.78 is 18.9. The molecule has 1 heterocycles. The molecule has 1 fully saturated rings. The van der Waals surface area contributed by atoms with Crippen molar-refractivity contribution in [2.75, 3.05) is 12.4 Å². The van der Waals surface area contributed by atoms with Crippen LogP contribution in [0.5, 0.6) is 0 Å². The Morgan fingerprint density at radius 1 is 1.30 bits per heavy atom. The fourth-order valence-electron chi connectivity index (χ4n) is 2.96. The molecular formula is C16H19FN2O. The zero-order chi connectivity index (χ0) is 14.1. The molecule has 106 valence electrons. The van der Waals surface area contributed by atoms with E-state index in [0.717, 1.165) is 41.5 Å². The molecule has 3 rings (SSSR count). The van der Waals surface area contributed by atoms with Gasteiger partial charge in [0, 0.05) is 29.9 Å². The number of nitrogens with one attached hydrogen (secondary N) is 1. The van der Waals surface area contributed by atoms with Gasteiger partial charge in [0.25, 0.3) is 0 Å². The number of rotatable bonds is 3. The van der Waals surface area contributed by atoms with Crippen LogP contribution in [0, 0.1) is 12.7 Å². The first-order valence-electron chi connectivity index (χ1n) is 7.02. The minimum absolute atomic E-state index is 0.229. The van der Waals surface area contributed by atoms with E-state index in [2.05, 4.69) is 10.3 Å². The lowest BCUT2D eigenvalue weighted by molar-refractivity contribution is 0.108. The summed E-state index contributed by atoms with van der Waals surface area (Å²) in [6.07, 6.45) is 3.48. The molecule has 1 aromatic carbocycles. The monoisotopic (exact) mass is 274 g/mol. The number of halogens is 1. The summed E-state index contributed by atoms with van der Waals surface area (Å²) in [7, 11) is 1.76. The number of pyridine rings is 1. The smallest absolute Gasteiger partial charge is 0.124 e. The first-order valence-corrected chi connectivity index (χ1v) is 7.02. The predicted octanol–water partition coefficient (Wildman–Crippen LogP) is 3.66. The van der Waals surface area contributed by atoms with Gasteiger partial charge >= 0.3 is 0 Å². The molecule has 1 N–H and O–H groups in total. The first-order chi connectivity index (χ1) is 9.65. The third-order valence-corrected chi connectivity index (χ3v) is 3.98. The normalized spacial score (nSPS) is 22.4. The Morgan fingerprint density at radius 3 is 2.90 bits per heavy atom. The number of hydrogen-bond donors (Lipinski definition) is 1. The number of aryl methyl sites for hydroxylation is 1. The van der Waals surface area contributed by atoms with Crippen molar-refractivity contribution in [3.63, 3.8) is 0 Å². The van der Waals surface area contributed by atoms with Gasteiger partial charge in [-0.1, -0.05) is 0 Å². The van der Waals surface area contributed by atoms with Gasteiger partial charge in [0.1, 0.15) is 5.82 Å². The van der Waals surface area contributed by atoms with Crippen LogP contribution < -0.4 is 5.32 Å². The van der Waals surface area contributed by atoms with Gasteiger partial charge in [-0.05, 0) is 50.5 Å². The SMILES string of the molecule is COC1CCC(Nc2cc(C)nc3ccc(F)cc23)C1. The average Bonchev–Trinajstić information content (AvgIpc) is 2.87. The van der Waals surface area contributed by atoms with E-state index in [9.17, 15) is 4.39 Å². The molecule has 2 atom stereocenters. The van der Waals surface area contributed by atoms with Crippen LogP contribution in [0.3, 0.4) is 0 Å². The summed E-state index contributed by atoms with van der Waals surface area (Å²) in [5, 5.41) is 4.37. The molecule has 0 radical (unpaired) electrons. The van der Waals surface area contributed by atoms with E-state index in [-0.39, 0.29) is 5.82 Å². The highest BCUT2D eigenvalue weighted by Gasteiger charge is 2.24. The van der Waals surface area contributed by atoms with Gasteiger partial charge < -0.3 is 10.1 Å². The first kappa shape index (κ1) is 13.3. The second kappa shape index (κ2) is 5.37. The van der Waals surface area contributed by atoms with Crippen molar-refractivity contribution in [3.8, 4) is 0 Å². The summed E-state index contributed by atoms with van der Waals surface area (Å²) in [6.45, 7) is 1.96. The van der Waals surface area contributed by atoms with Crippen molar-refractivity contribution in [1.29, 1.82) is 0 Å². The van der Waals surface area contributed by atoms with Crippen LogP contribution in [0.2, 0.25) is 0 Å². The maximum Gasteiger partial charge on any atom is 0.124 e. The van der Waals surface area contributed by atoms with Gasteiger partial charge in [0.15, 0.2) is 0 Å². The highest BCUT2D eigenvalue weighted by atomic mass is 19.1. The minimum Gasteiger partial charge on any atom is -0.382 e. The van der Waals surface area contributed by atoms with Gasteiger partial charge in [-0.25, -0.2) is 4.39 Å². The average molecular weight is 274 g/mol. The van der Waals surface area contributed by atoms with Crippen molar-refractivity contribution in [3.05, 3.63) is 35.8 Å². The second-order valence-electron chi connectivity index (χ2n) is 5.48. The number of nitrogens with zero attached hydrogens (tertiary/aromatic N) is 1. The van der Waals surface area contributed by atoms with Crippen LogP contribution in [0.25, 0.3) is 10.9 Å². The van der Waals surface area contributed by atoms with Gasteiger partial charge in [0.2, 0.25) is 0 Å². The van der Waals surface area contributed by atoms with Crippen LogP contribution >= 0.6 is 0 Å². The molecule has 1 aliphatic carbocycles. The Morgan fingerprint density at radius 2 is 2.15 bits per heavy atom. The fraction of sp³-hybridized carbons (Fsp3) is 0.438. The number of fused-ring (bicyclic) bond motifs is 1. The van der Waals surface area contributed by atoms with E-state index in [0.29, 0.717) is 12.1 Å². The molecule has 20 heavy (non-hydrogen) atoms. The van der Waals surface area contributed by atoms with E-state index < -0.39 is 0 Å². The lowest BCUT2D eigenvalue weighted by atomic mass is 10.1. The Hall–Kier alpha value is -1.68. The summed E-state index contributed by atoms with van der Waals surface area (Å²) in [5.74, 6) is -0.229. The maximum absolute atomic E-state index is 13.5.